The molecule has 18 heavy (non-hydrogen) atoms. The first-order valence-electron chi connectivity index (χ1n) is 6.30. The van der Waals surface area contributed by atoms with Gasteiger partial charge in [0.15, 0.2) is 0 Å². The molecule has 0 aromatic rings. The van der Waals surface area contributed by atoms with Gasteiger partial charge < -0.3 is 15.4 Å². The Bertz CT molecular complexity index is 293. The fraction of sp³-hybridized carbons (Fsp3) is 0.833. The molecule has 1 rings (SSSR count). The average molecular weight is 274 g/mol. The maximum Gasteiger partial charge on any atom is 0.243 e. The molecule has 0 bridgehead atoms. The van der Waals surface area contributed by atoms with E-state index >= 15 is 0 Å². The molecule has 1 aliphatic rings. The van der Waals surface area contributed by atoms with Crippen molar-refractivity contribution in [3.63, 3.8) is 0 Å². The fourth-order valence-electron chi connectivity index (χ4n) is 2.10. The first kappa shape index (κ1) is 15.3. The summed E-state index contributed by atoms with van der Waals surface area (Å²) in [7, 11) is 0. The summed E-state index contributed by atoms with van der Waals surface area (Å²) in [5, 5.41) is 5.53. The molecule has 2 amide bonds. The smallest absolute Gasteiger partial charge is 0.243 e. The summed E-state index contributed by atoms with van der Waals surface area (Å²) < 4.78 is 5.29. The molecule has 0 radical (unpaired) electrons. The molecule has 1 heterocycles. The lowest BCUT2D eigenvalue weighted by atomic mass is 9.93. The first-order valence-corrected chi connectivity index (χ1v) is 6.94. The van der Waals surface area contributed by atoms with Gasteiger partial charge in [-0.15, -0.1) is 0 Å². The van der Waals surface area contributed by atoms with E-state index in [4.69, 9.17) is 4.74 Å². The topological polar surface area (TPSA) is 67.4 Å². The molecule has 0 saturated carbocycles. The zero-order valence-electron chi connectivity index (χ0n) is 10.9. The van der Waals surface area contributed by atoms with Gasteiger partial charge in [-0.05, 0) is 25.7 Å². The van der Waals surface area contributed by atoms with E-state index in [1.807, 2.05) is 6.92 Å². The second kappa shape index (κ2) is 7.63. The first-order chi connectivity index (χ1) is 8.54. The van der Waals surface area contributed by atoms with Crippen molar-refractivity contribution in [3.8, 4) is 0 Å². The number of nitrogens with one attached hydrogen (secondary N) is 2. The minimum absolute atomic E-state index is 0.0949. The third-order valence-electron chi connectivity index (χ3n) is 3.22. The number of hydrogen-bond acceptors (Lipinski definition) is 4. The summed E-state index contributed by atoms with van der Waals surface area (Å²) in [6.07, 6.45) is 1.93. The van der Waals surface area contributed by atoms with Crippen LogP contribution in [0.2, 0.25) is 0 Å². The summed E-state index contributed by atoms with van der Waals surface area (Å²) in [5.74, 6) is 0.356. The zero-order chi connectivity index (χ0) is 13.5. The molecular weight excluding hydrogens is 252 g/mol. The Morgan fingerprint density at radius 3 is 2.44 bits per heavy atom. The van der Waals surface area contributed by atoms with E-state index in [0.29, 0.717) is 11.7 Å². The van der Waals surface area contributed by atoms with Gasteiger partial charge in [0.2, 0.25) is 11.8 Å². The van der Waals surface area contributed by atoms with Crippen LogP contribution in [0.5, 0.6) is 0 Å². The molecule has 0 spiro atoms. The number of rotatable bonds is 5. The van der Waals surface area contributed by atoms with Gasteiger partial charge in [-0.1, -0.05) is 0 Å². The molecule has 5 nitrogen and oxygen atoms in total. The summed E-state index contributed by atoms with van der Waals surface area (Å²) in [6.45, 7) is 4.90. The van der Waals surface area contributed by atoms with Crippen molar-refractivity contribution in [2.24, 2.45) is 5.92 Å². The number of amides is 2. The van der Waals surface area contributed by atoms with E-state index < -0.39 is 6.04 Å². The van der Waals surface area contributed by atoms with Crippen LogP contribution in [0.25, 0.3) is 0 Å². The Morgan fingerprint density at radius 2 is 1.94 bits per heavy atom. The van der Waals surface area contributed by atoms with Crippen molar-refractivity contribution >= 4 is 24.4 Å². The Morgan fingerprint density at radius 1 is 1.33 bits per heavy atom. The van der Waals surface area contributed by atoms with E-state index in [9.17, 15) is 9.59 Å². The highest BCUT2D eigenvalue weighted by atomic mass is 32.1. The molecule has 1 fully saturated rings. The lowest BCUT2D eigenvalue weighted by Gasteiger charge is -2.29. The van der Waals surface area contributed by atoms with Crippen molar-refractivity contribution in [2.75, 3.05) is 19.0 Å². The summed E-state index contributed by atoms with van der Waals surface area (Å²) in [4.78, 5) is 22.9. The van der Waals surface area contributed by atoms with Crippen molar-refractivity contribution in [1.29, 1.82) is 0 Å². The molecule has 0 aromatic carbocycles. The Balaban J connectivity index is 2.43. The van der Waals surface area contributed by atoms with Crippen LogP contribution in [0, 0.1) is 5.92 Å². The predicted octanol–water partition coefficient (Wildman–Crippen LogP) is 0.352. The molecule has 0 aliphatic carbocycles. The number of ether oxygens (including phenoxy) is 1. The SMILES string of the molecule is CC(=O)NC(CS)C(=O)NC(C)C1CCOCC1. The van der Waals surface area contributed by atoms with E-state index in [2.05, 4.69) is 23.3 Å². The normalized spacial score (nSPS) is 19.9. The van der Waals surface area contributed by atoms with Gasteiger partial charge in [0.05, 0.1) is 0 Å². The highest BCUT2D eigenvalue weighted by Crippen LogP contribution is 2.18. The maximum absolute atomic E-state index is 12.0. The van der Waals surface area contributed by atoms with E-state index in [1.54, 1.807) is 0 Å². The van der Waals surface area contributed by atoms with E-state index in [-0.39, 0.29) is 17.9 Å². The van der Waals surface area contributed by atoms with Crippen LogP contribution in [0.15, 0.2) is 0 Å². The van der Waals surface area contributed by atoms with E-state index in [1.165, 1.54) is 6.92 Å². The van der Waals surface area contributed by atoms with Gasteiger partial charge >= 0.3 is 0 Å². The maximum atomic E-state index is 12.0. The van der Waals surface area contributed by atoms with Crippen molar-refractivity contribution in [1.82, 2.24) is 10.6 Å². The van der Waals surface area contributed by atoms with Crippen LogP contribution in [0.3, 0.4) is 0 Å². The Kier molecular flexibility index (Phi) is 6.49. The van der Waals surface area contributed by atoms with Crippen LogP contribution < -0.4 is 10.6 Å². The summed E-state index contributed by atoms with van der Waals surface area (Å²) in [6, 6.07) is -0.467. The van der Waals surface area contributed by atoms with Crippen molar-refractivity contribution < 1.29 is 14.3 Å². The van der Waals surface area contributed by atoms with Gasteiger partial charge in [-0.2, -0.15) is 12.6 Å². The highest BCUT2D eigenvalue weighted by molar-refractivity contribution is 7.80. The molecule has 2 unspecified atom stereocenters. The molecule has 2 N–H and O–H groups in total. The number of carbonyl (C=O) groups excluding carboxylic acids is 2. The summed E-state index contributed by atoms with van der Waals surface area (Å²) >= 11 is 4.08. The predicted molar refractivity (Wildman–Crippen MR) is 72.6 cm³/mol. The molecule has 6 heteroatoms. The molecular formula is C12H22N2O3S. The molecule has 2 atom stereocenters. The van der Waals surface area contributed by atoms with Gasteiger partial charge in [0.1, 0.15) is 6.04 Å². The Hall–Kier alpha value is -0.750. The number of carbonyl (C=O) groups is 2. The standard InChI is InChI=1S/C12H22N2O3S/c1-8(10-3-5-17-6-4-10)13-12(16)11(7-18)14-9(2)15/h8,10-11,18H,3-7H2,1-2H3,(H,13,16)(H,14,15). The molecule has 1 saturated heterocycles. The third-order valence-corrected chi connectivity index (χ3v) is 3.58. The fourth-order valence-corrected chi connectivity index (χ4v) is 2.36. The van der Waals surface area contributed by atoms with Crippen LogP contribution in [-0.2, 0) is 14.3 Å². The second-order valence-electron chi connectivity index (χ2n) is 4.68. The van der Waals surface area contributed by atoms with Crippen molar-refractivity contribution in [3.05, 3.63) is 0 Å². The average Bonchev–Trinajstić information content (AvgIpc) is 2.36. The highest BCUT2D eigenvalue weighted by Gasteiger charge is 2.25. The third kappa shape index (κ3) is 4.86. The molecule has 104 valence electrons. The Labute approximate surface area is 113 Å². The van der Waals surface area contributed by atoms with Crippen LogP contribution in [0.4, 0.5) is 0 Å². The van der Waals surface area contributed by atoms with Crippen LogP contribution in [-0.4, -0.2) is 42.9 Å². The van der Waals surface area contributed by atoms with Crippen LogP contribution >= 0.6 is 12.6 Å². The van der Waals surface area contributed by atoms with Crippen molar-refractivity contribution in [2.45, 2.75) is 38.8 Å². The zero-order valence-corrected chi connectivity index (χ0v) is 11.8. The summed E-state index contributed by atoms with van der Waals surface area (Å²) in [5.41, 5.74) is 0. The number of thiol groups is 1. The molecule has 0 aromatic heterocycles. The van der Waals surface area contributed by atoms with Gasteiger partial charge in [0.25, 0.3) is 0 Å². The largest absolute Gasteiger partial charge is 0.381 e. The second-order valence-corrected chi connectivity index (χ2v) is 5.05. The van der Waals surface area contributed by atoms with Crippen LogP contribution in [0.1, 0.15) is 26.7 Å². The monoisotopic (exact) mass is 274 g/mol. The minimum atomic E-state index is -0.562. The molecule has 1 aliphatic heterocycles. The minimum Gasteiger partial charge on any atom is -0.381 e. The lowest BCUT2D eigenvalue weighted by Crippen LogP contribution is -2.51. The number of hydrogen-bond donors (Lipinski definition) is 3. The lowest BCUT2D eigenvalue weighted by molar-refractivity contribution is -0.128. The quantitative estimate of drug-likeness (QED) is 0.634. The van der Waals surface area contributed by atoms with Gasteiger partial charge in [0, 0.05) is 31.9 Å². The van der Waals surface area contributed by atoms with Gasteiger partial charge in [-0.3, -0.25) is 9.59 Å². The van der Waals surface area contributed by atoms with E-state index in [0.717, 1.165) is 26.1 Å². The van der Waals surface area contributed by atoms with Gasteiger partial charge in [-0.25, -0.2) is 0 Å².